The van der Waals surface area contributed by atoms with E-state index in [9.17, 15) is 21.9 Å². The zero-order valence-corrected chi connectivity index (χ0v) is 26.2. The summed E-state index contributed by atoms with van der Waals surface area (Å²) in [5, 5.41) is 13.8. The molecule has 238 valence electrons. The molecule has 13 nitrogen and oxygen atoms in total. The van der Waals surface area contributed by atoms with Gasteiger partial charge in [-0.15, -0.1) is 0 Å². The second kappa shape index (κ2) is 13.4. The molecular weight excluding hydrogens is 610 g/mol. The minimum Gasteiger partial charge on any atom is -0.491 e. The van der Waals surface area contributed by atoms with Crippen molar-refractivity contribution in [3.8, 4) is 22.9 Å². The van der Waals surface area contributed by atoms with Gasteiger partial charge in [0.05, 0.1) is 29.1 Å². The highest BCUT2D eigenvalue weighted by molar-refractivity contribution is 7.89. The van der Waals surface area contributed by atoms with Crippen LogP contribution in [0.25, 0.3) is 11.1 Å². The van der Waals surface area contributed by atoms with Gasteiger partial charge in [0.15, 0.2) is 0 Å². The van der Waals surface area contributed by atoms with E-state index in [2.05, 4.69) is 20.0 Å². The van der Waals surface area contributed by atoms with Crippen molar-refractivity contribution >= 4 is 20.0 Å². The molecule has 3 aromatic rings. The summed E-state index contributed by atoms with van der Waals surface area (Å²) < 4.78 is 71.6. The molecule has 2 aliphatic rings. The van der Waals surface area contributed by atoms with Crippen LogP contribution in [0.2, 0.25) is 0 Å². The number of hydrogen-bond donors (Lipinski definition) is 3. The molecule has 2 saturated heterocycles. The van der Waals surface area contributed by atoms with Crippen LogP contribution in [0.1, 0.15) is 19.3 Å². The summed E-state index contributed by atoms with van der Waals surface area (Å²) in [5.74, 6) is 0.340. The maximum absolute atomic E-state index is 13.5. The predicted octanol–water partition coefficient (Wildman–Crippen LogP) is 1.40. The topological polar surface area (TPSA) is 169 Å². The van der Waals surface area contributed by atoms with Crippen LogP contribution < -0.4 is 19.5 Å². The van der Waals surface area contributed by atoms with Crippen LogP contribution in [0.5, 0.6) is 11.8 Å². The molecule has 0 bridgehead atoms. The number of ether oxygens (including phenoxy) is 3. The number of rotatable bonds is 12. The normalized spacial score (nSPS) is 19.6. The molecule has 5 rings (SSSR count). The predicted molar refractivity (Wildman–Crippen MR) is 161 cm³/mol. The molecule has 2 unspecified atom stereocenters. The van der Waals surface area contributed by atoms with E-state index in [1.165, 1.54) is 30.6 Å². The smallest absolute Gasteiger partial charge is 0.316 e. The summed E-state index contributed by atoms with van der Waals surface area (Å²) in [4.78, 5) is 8.50. The van der Waals surface area contributed by atoms with Gasteiger partial charge in [-0.2, -0.15) is 4.31 Å². The largest absolute Gasteiger partial charge is 0.491 e. The number of piperidine rings is 1. The highest BCUT2D eigenvalue weighted by atomic mass is 32.2. The lowest BCUT2D eigenvalue weighted by atomic mass is 9.88. The molecular formula is C29H37N5O8S2. The fourth-order valence-electron chi connectivity index (χ4n) is 5.42. The second-order valence-electron chi connectivity index (χ2n) is 10.8. The summed E-state index contributed by atoms with van der Waals surface area (Å²) >= 11 is 0. The highest BCUT2D eigenvalue weighted by Gasteiger charge is 2.44. The van der Waals surface area contributed by atoms with Crippen LogP contribution in [-0.2, 0) is 24.8 Å². The van der Waals surface area contributed by atoms with Crippen molar-refractivity contribution < 1.29 is 36.2 Å². The lowest BCUT2D eigenvalue weighted by Gasteiger charge is -2.38. The third-order valence-electron chi connectivity index (χ3n) is 7.93. The lowest BCUT2D eigenvalue weighted by Crippen LogP contribution is -2.47. The van der Waals surface area contributed by atoms with Gasteiger partial charge in [-0.25, -0.2) is 31.5 Å². The monoisotopic (exact) mass is 647 g/mol. The standard InChI is InChI=1S/C29H37N5O8S2/c1-30-43(36,37)26-7-4-6-25(14-26)41-20-24(35)18-31-23-15-29(42-19-23)9-11-34(12-10-29)44(38,39)27-8-3-5-21(13-27)22-16-32-28(40-2)33-17-22/h3-8,13-14,16-17,23-24,30-31,35H,9-12,15,18-20H2,1-2H3. The van der Waals surface area contributed by atoms with Crippen LogP contribution in [0.15, 0.2) is 70.7 Å². The van der Waals surface area contributed by atoms with Crippen LogP contribution in [0.4, 0.5) is 0 Å². The van der Waals surface area contributed by atoms with E-state index in [1.54, 1.807) is 42.7 Å². The molecule has 2 aromatic carbocycles. The first-order valence-corrected chi connectivity index (χ1v) is 17.1. The van der Waals surface area contributed by atoms with Crippen molar-refractivity contribution in [2.75, 3.05) is 47.0 Å². The molecule has 1 aromatic heterocycles. The quantitative estimate of drug-likeness (QED) is 0.260. The van der Waals surface area contributed by atoms with Gasteiger partial charge in [-0.3, -0.25) is 0 Å². The third kappa shape index (κ3) is 7.37. The summed E-state index contributed by atoms with van der Waals surface area (Å²) in [7, 11) is -4.50. The summed E-state index contributed by atoms with van der Waals surface area (Å²) in [6.45, 7) is 1.37. The maximum atomic E-state index is 13.5. The minimum atomic E-state index is -3.72. The molecule has 44 heavy (non-hydrogen) atoms. The van der Waals surface area contributed by atoms with E-state index >= 15 is 0 Å². The first kappa shape index (κ1) is 32.2. The van der Waals surface area contributed by atoms with E-state index in [1.807, 2.05) is 6.07 Å². The third-order valence-corrected chi connectivity index (χ3v) is 11.2. The number of aliphatic hydroxyl groups excluding tert-OH is 1. The fourth-order valence-corrected chi connectivity index (χ4v) is 7.67. The Kier molecular flexibility index (Phi) is 9.84. The van der Waals surface area contributed by atoms with Crippen molar-refractivity contribution in [3.05, 3.63) is 60.9 Å². The molecule has 1 spiro atoms. The zero-order chi connectivity index (χ0) is 31.4. The van der Waals surface area contributed by atoms with Crippen molar-refractivity contribution in [1.29, 1.82) is 0 Å². The SMILES string of the molecule is CNS(=O)(=O)c1cccc(OCC(O)CNC2COC3(CCN(S(=O)(=O)c4cccc(-c5cnc(OC)nc5)c4)CC3)C2)c1. The molecule has 3 N–H and O–H groups in total. The Hall–Kier alpha value is -3.18. The van der Waals surface area contributed by atoms with Gasteiger partial charge in [0.2, 0.25) is 20.0 Å². The Morgan fingerprint density at radius 3 is 2.45 bits per heavy atom. The van der Waals surface area contributed by atoms with Crippen LogP contribution in [0.3, 0.4) is 0 Å². The average molecular weight is 648 g/mol. The van der Waals surface area contributed by atoms with Crippen LogP contribution >= 0.6 is 0 Å². The maximum Gasteiger partial charge on any atom is 0.316 e. The Balaban J connectivity index is 1.10. The van der Waals surface area contributed by atoms with Gasteiger partial charge >= 0.3 is 6.01 Å². The molecule has 2 fully saturated rings. The fraction of sp³-hybridized carbons (Fsp3) is 0.448. The Morgan fingerprint density at radius 1 is 1.05 bits per heavy atom. The van der Waals surface area contributed by atoms with E-state index < -0.39 is 31.8 Å². The van der Waals surface area contributed by atoms with E-state index in [4.69, 9.17) is 14.2 Å². The molecule has 0 saturated carbocycles. The highest BCUT2D eigenvalue weighted by Crippen LogP contribution is 2.37. The molecule has 15 heteroatoms. The number of aromatic nitrogens is 2. The molecule has 0 radical (unpaired) electrons. The van der Waals surface area contributed by atoms with E-state index in [0.717, 1.165) is 0 Å². The molecule has 2 aliphatic heterocycles. The molecule has 0 amide bonds. The number of hydrogen-bond acceptors (Lipinski definition) is 11. The van der Waals surface area contributed by atoms with E-state index in [0.29, 0.717) is 55.8 Å². The van der Waals surface area contributed by atoms with Crippen molar-refractivity contribution in [3.63, 3.8) is 0 Å². The summed E-state index contributed by atoms with van der Waals surface area (Å²) in [5.41, 5.74) is 0.953. The lowest BCUT2D eigenvalue weighted by molar-refractivity contribution is -0.0312. The zero-order valence-electron chi connectivity index (χ0n) is 24.5. The summed E-state index contributed by atoms with van der Waals surface area (Å²) in [6.07, 6.45) is 4.18. The minimum absolute atomic E-state index is 0.000281. The van der Waals surface area contributed by atoms with Gasteiger partial charge in [0.1, 0.15) is 18.5 Å². The van der Waals surface area contributed by atoms with Gasteiger partial charge in [-0.1, -0.05) is 18.2 Å². The molecule has 3 heterocycles. The first-order chi connectivity index (χ1) is 21.0. The number of benzene rings is 2. The van der Waals surface area contributed by atoms with E-state index in [-0.39, 0.29) is 35.0 Å². The Bertz CT molecular complexity index is 1650. The second-order valence-corrected chi connectivity index (χ2v) is 14.7. The van der Waals surface area contributed by atoms with Gasteiger partial charge in [-0.05, 0) is 56.1 Å². The van der Waals surface area contributed by atoms with Gasteiger partial charge in [0, 0.05) is 49.7 Å². The van der Waals surface area contributed by atoms with Crippen molar-refractivity contribution in [2.45, 2.75) is 46.8 Å². The number of sulfonamides is 2. The average Bonchev–Trinajstić information content (AvgIpc) is 3.45. The number of nitrogens with one attached hydrogen (secondary N) is 2. The number of nitrogens with zero attached hydrogens (tertiary/aromatic N) is 3. The van der Waals surface area contributed by atoms with Gasteiger partial charge < -0.3 is 24.6 Å². The van der Waals surface area contributed by atoms with Gasteiger partial charge in [0.25, 0.3) is 0 Å². The molecule has 0 aliphatic carbocycles. The number of aliphatic hydroxyl groups is 1. The molecule has 2 atom stereocenters. The van der Waals surface area contributed by atoms with Crippen molar-refractivity contribution in [1.82, 2.24) is 24.3 Å². The number of methoxy groups -OCH3 is 1. The van der Waals surface area contributed by atoms with Crippen LogP contribution in [0, 0.1) is 0 Å². The first-order valence-electron chi connectivity index (χ1n) is 14.2. The Labute approximate surface area is 257 Å². The van der Waals surface area contributed by atoms with Crippen LogP contribution in [-0.4, -0.2) is 101 Å². The van der Waals surface area contributed by atoms with Crippen molar-refractivity contribution in [2.24, 2.45) is 0 Å². The Morgan fingerprint density at radius 2 is 1.75 bits per heavy atom. The summed E-state index contributed by atoms with van der Waals surface area (Å²) in [6, 6.07) is 13.0.